The van der Waals surface area contributed by atoms with E-state index in [-0.39, 0.29) is 14.9 Å². The first-order chi connectivity index (χ1) is 12.4. The Morgan fingerprint density at radius 2 is 1.81 bits per heavy atom. The molecule has 1 heterocycles. The second kappa shape index (κ2) is 7.95. The highest BCUT2D eigenvalue weighted by molar-refractivity contribution is 7.89. The number of rotatable bonds is 4. The minimum atomic E-state index is -3.66. The molecule has 0 aliphatic carbocycles. The highest BCUT2D eigenvalue weighted by Crippen LogP contribution is 2.30. The molecule has 0 saturated carbocycles. The van der Waals surface area contributed by atoms with E-state index in [1.807, 2.05) is 18.2 Å². The van der Waals surface area contributed by atoms with Gasteiger partial charge in [-0.25, -0.2) is 8.42 Å². The zero-order chi connectivity index (χ0) is 18.7. The van der Waals surface area contributed by atoms with E-state index < -0.39 is 10.0 Å². The molecule has 0 radical (unpaired) electrons. The summed E-state index contributed by atoms with van der Waals surface area (Å²) in [5, 5.41) is 9.29. The third kappa shape index (κ3) is 4.03. The number of halogens is 2. The summed E-state index contributed by atoms with van der Waals surface area (Å²) in [5.74, 6) is 0. The van der Waals surface area contributed by atoms with Gasteiger partial charge in [0.1, 0.15) is 11.4 Å². The Kier molecular flexibility index (Phi) is 5.86. The van der Waals surface area contributed by atoms with Crippen molar-refractivity contribution in [1.82, 2.24) is 4.31 Å². The lowest BCUT2D eigenvalue weighted by Gasteiger charge is -2.31. The first kappa shape index (κ1) is 19.2. The van der Waals surface area contributed by atoms with Gasteiger partial charge in [0.2, 0.25) is 10.0 Å². The molecule has 136 valence electrons. The number of nitrogens with one attached hydrogen (secondary N) is 1. The normalized spacial score (nSPS) is 16.3. The van der Waals surface area contributed by atoms with Gasteiger partial charge >= 0.3 is 0 Å². The highest BCUT2D eigenvalue weighted by Gasteiger charge is 2.32. The van der Waals surface area contributed by atoms with Crippen LogP contribution in [0, 0.1) is 11.3 Å². The minimum Gasteiger partial charge on any atom is -0.329 e. The topological polar surface area (TPSA) is 65.6 Å². The van der Waals surface area contributed by atoms with Crippen molar-refractivity contribution < 1.29 is 13.3 Å². The maximum Gasteiger partial charge on any atom is 0.245 e. The fourth-order valence-corrected chi connectivity index (χ4v) is 5.26. The van der Waals surface area contributed by atoms with Crippen LogP contribution in [0.1, 0.15) is 11.1 Å². The van der Waals surface area contributed by atoms with Crippen LogP contribution in [0.25, 0.3) is 0 Å². The SMILES string of the molecule is N#Cc1cccc(C[NH+]2CCN(S(=O)(=O)c3cccc(Cl)c3Cl)CC2)c1. The predicted molar refractivity (Wildman–Crippen MR) is 101 cm³/mol. The van der Waals surface area contributed by atoms with Gasteiger partial charge in [-0.05, 0) is 24.3 Å². The van der Waals surface area contributed by atoms with Crippen LogP contribution in [0.4, 0.5) is 0 Å². The Morgan fingerprint density at radius 3 is 2.50 bits per heavy atom. The molecule has 1 aliphatic heterocycles. The lowest BCUT2D eigenvalue weighted by Crippen LogP contribution is -3.13. The van der Waals surface area contributed by atoms with Crippen LogP contribution in [0.5, 0.6) is 0 Å². The van der Waals surface area contributed by atoms with Gasteiger partial charge < -0.3 is 4.90 Å². The van der Waals surface area contributed by atoms with Crippen LogP contribution in [-0.4, -0.2) is 38.9 Å². The van der Waals surface area contributed by atoms with Crippen molar-refractivity contribution in [3.63, 3.8) is 0 Å². The molecule has 2 aromatic carbocycles. The van der Waals surface area contributed by atoms with Crippen LogP contribution in [0.2, 0.25) is 10.0 Å². The fourth-order valence-electron chi connectivity index (χ4n) is 3.08. The molecule has 1 fully saturated rings. The summed E-state index contributed by atoms with van der Waals surface area (Å²) >= 11 is 12.0. The van der Waals surface area contributed by atoms with Crippen molar-refractivity contribution >= 4 is 33.2 Å². The van der Waals surface area contributed by atoms with E-state index >= 15 is 0 Å². The van der Waals surface area contributed by atoms with Gasteiger partial charge in [0, 0.05) is 5.56 Å². The standard InChI is InChI=1S/C18H17Cl2N3O2S/c19-16-5-2-6-17(18(16)20)26(24,25)23-9-7-22(8-10-23)13-15-4-1-3-14(11-15)12-21/h1-6,11H,7-10,13H2/p+1. The molecule has 2 aromatic rings. The second-order valence-electron chi connectivity index (χ2n) is 6.19. The average molecular weight is 411 g/mol. The van der Waals surface area contributed by atoms with Gasteiger partial charge in [0.25, 0.3) is 0 Å². The summed E-state index contributed by atoms with van der Waals surface area (Å²) in [6, 6.07) is 14.3. The summed E-state index contributed by atoms with van der Waals surface area (Å²) in [7, 11) is -3.66. The number of hydrogen-bond acceptors (Lipinski definition) is 3. The predicted octanol–water partition coefficient (Wildman–Crippen LogP) is 1.95. The van der Waals surface area contributed by atoms with E-state index in [1.54, 1.807) is 18.2 Å². The van der Waals surface area contributed by atoms with Crippen LogP contribution in [0.3, 0.4) is 0 Å². The summed E-state index contributed by atoms with van der Waals surface area (Å²) < 4.78 is 27.2. The Hall–Kier alpha value is -1.62. The number of benzene rings is 2. The van der Waals surface area contributed by atoms with Gasteiger partial charge in [-0.2, -0.15) is 9.57 Å². The Morgan fingerprint density at radius 1 is 1.12 bits per heavy atom. The summed E-state index contributed by atoms with van der Waals surface area (Å²) in [6.07, 6.45) is 0. The number of quaternary nitrogens is 1. The van der Waals surface area contributed by atoms with Crippen molar-refractivity contribution in [1.29, 1.82) is 5.26 Å². The van der Waals surface area contributed by atoms with Crippen LogP contribution >= 0.6 is 23.2 Å². The largest absolute Gasteiger partial charge is 0.329 e. The lowest BCUT2D eigenvalue weighted by atomic mass is 10.1. The third-order valence-electron chi connectivity index (χ3n) is 4.47. The smallest absolute Gasteiger partial charge is 0.245 e. The molecule has 3 rings (SSSR count). The molecule has 1 saturated heterocycles. The molecule has 0 amide bonds. The van der Waals surface area contributed by atoms with Gasteiger partial charge in [-0.3, -0.25) is 0 Å². The molecule has 1 N–H and O–H groups in total. The third-order valence-corrected chi connectivity index (χ3v) is 7.35. The first-order valence-electron chi connectivity index (χ1n) is 8.18. The van der Waals surface area contributed by atoms with Gasteiger partial charge in [0.05, 0.1) is 47.9 Å². The number of nitriles is 1. The quantitative estimate of drug-likeness (QED) is 0.837. The first-order valence-corrected chi connectivity index (χ1v) is 10.4. The number of hydrogen-bond donors (Lipinski definition) is 1. The summed E-state index contributed by atoms with van der Waals surface area (Å²) in [5.41, 5.74) is 1.71. The van der Waals surface area contributed by atoms with Gasteiger partial charge in [-0.15, -0.1) is 0 Å². The lowest BCUT2D eigenvalue weighted by molar-refractivity contribution is -0.917. The molecule has 26 heavy (non-hydrogen) atoms. The molecule has 0 bridgehead atoms. The Bertz CT molecular complexity index is 949. The Labute approximate surface area is 163 Å². The van der Waals surface area contributed by atoms with Crippen molar-refractivity contribution in [2.24, 2.45) is 0 Å². The second-order valence-corrected chi connectivity index (χ2v) is 8.89. The maximum absolute atomic E-state index is 12.8. The van der Waals surface area contributed by atoms with E-state index in [1.165, 1.54) is 15.3 Å². The van der Waals surface area contributed by atoms with E-state index in [0.717, 1.165) is 12.1 Å². The van der Waals surface area contributed by atoms with Crippen LogP contribution < -0.4 is 4.90 Å². The number of piperazine rings is 1. The molecule has 5 nitrogen and oxygen atoms in total. The van der Waals surface area contributed by atoms with Crippen molar-refractivity contribution in [2.45, 2.75) is 11.4 Å². The van der Waals surface area contributed by atoms with Crippen molar-refractivity contribution in [3.05, 3.63) is 63.6 Å². The van der Waals surface area contributed by atoms with Crippen molar-refractivity contribution in [3.8, 4) is 6.07 Å². The zero-order valence-corrected chi connectivity index (χ0v) is 16.3. The van der Waals surface area contributed by atoms with Gasteiger partial charge in [0.15, 0.2) is 0 Å². The molecule has 0 spiro atoms. The maximum atomic E-state index is 12.8. The monoisotopic (exact) mass is 410 g/mol. The molecule has 0 atom stereocenters. The molecule has 0 unspecified atom stereocenters. The zero-order valence-electron chi connectivity index (χ0n) is 14.0. The van der Waals surface area contributed by atoms with E-state index in [9.17, 15) is 8.42 Å². The number of sulfonamides is 1. The van der Waals surface area contributed by atoms with Crippen LogP contribution in [0.15, 0.2) is 47.4 Å². The molecule has 0 aromatic heterocycles. The van der Waals surface area contributed by atoms with Crippen molar-refractivity contribution in [2.75, 3.05) is 26.2 Å². The fraction of sp³-hybridized carbons (Fsp3) is 0.278. The van der Waals surface area contributed by atoms with E-state index in [0.29, 0.717) is 31.7 Å². The van der Waals surface area contributed by atoms with Crippen LogP contribution in [-0.2, 0) is 16.6 Å². The average Bonchev–Trinajstić information content (AvgIpc) is 2.64. The summed E-state index contributed by atoms with van der Waals surface area (Å²) in [6.45, 7) is 2.97. The molecular weight excluding hydrogens is 393 g/mol. The molecule has 1 aliphatic rings. The molecule has 8 heteroatoms. The van der Waals surface area contributed by atoms with E-state index in [2.05, 4.69) is 6.07 Å². The van der Waals surface area contributed by atoms with Gasteiger partial charge in [-0.1, -0.05) is 41.4 Å². The minimum absolute atomic E-state index is 0.0526. The highest BCUT2D eigenvalue weighted by atomic mass is 35.5. The van der Waals surface area contributed by atoms with E-state index in [4.69, 9.17) is 28.5 Å². The Balaban J connectivity index is 1.68. The number of nitrogens with zero attached hydrogens (tertiary/aromatic N) is 2. The summed E-state index contributed by atoms with van der Waals surface area (Å²) in [4.78, 5) is 1.33. The molecular formula is C18H18Cl2N3O2S+.